The van der Waals surface area contributed by atoms with Gasteiger partial charge in [0.2, 0.25) is 0 Å². The van der Waals surface area contributed by atoms with Gasteiger partial charge in [0.05, 0.1) is 5.56 Å². The lowest BCUT2D eigenvalue weighted by molar-refractivity contribution is 0.0910. The molecule has 1 atom stereocenters. The van der Waals surface area contributed by atoms with E-state index in [0.29, 0.717) is 17.2 Å². The molecule has 0 bridgehead atoms. The van der Waals surface area contributed by atoms with E-state index >= 15 is 0 Å². The Balaban J connectivity index is 1.84. The number of nitrogen functional groups attached to an aromatic ring is 1. The Bertz CT molecular complexity index is 646. The number of nitrogens with two attached hydrogens (primary N) is 1. The number of benzene rings is 2. The second kappa shape index (κ2) is 5.16. The summed E-state index contributed by atoms with van der Waals surface area (Å²) in [7, 11) is 0. The van der Waals surface area contributed by atoms with Crippen molar-refractivity contribution in [3.8, 4) is 0 Å². The molecule has 1 fully saturated rings. The van der Waals surface area contributed by atoms with Gasteiger partial charge in [-0.1, -0.05) is 30.7 Å². The van der Waals surface area contributed by atoms with Crippen molar-refractivity contribution in [1.82, 2.24) is 5.32 Å². The van der Waals surface area contributed by atoms with Gasteiger partial charge in [-0.2, -0.15) is 0 Å². The molecule has 1 aliphatic rings. The molecule has 1 amide bonds. The number of anilines is 1. The maximum Gasteiger partial charge on any atom is 0.253 e. The first-order valence-electron chi connectivity index (χ1n) is 7.24. The van der Waals surface area contributed by atoms with Gasteiger partial charge in [0.25, 0.3) is 5.91 Å². The van der Waals surface area contributed by atoms with Crippen LogP contribution in [-0.4, -0.2) is 11.9 Å². The van der Waals surface area contributed by atoms with Crippen LogP contribution in [0.4, 0.5) is 5.69 Å². The van der Waals surface area contributed by atoms with Crippen LogP contribution < -0.4 is 11.1 Å². The first-order chi connectivity index (χ1) is 9.65. The van der Waals surface area contributed by atoms with E-state index in [0.717, 1.165) is 10.8 Å². The number of carbonyl (C=O) groups excluding carboxylic acids is 1. The summed E-state index contributed by atoms with van der Waals surface area (Å²) in [4.78, 5) is 12.4. The smallest absolute Gasteiger partial charge is 0.253 e. The van der Waals surface area contributed by atoms with Gasteiger partial charge >= 0.3 is 0 Å². The van der Waals surface area contributed by atoms with Gasteiger partial charge in [0, 0.05) is 11.7 Å². The number of fused-ring (bicyclic) bond motifs is 1. The molecular weight excluding hydrogens is 248 g/mol. The Morgan fingerprint density at radius 3 is 2.50 bits per heavy atom. The number of nitrogens with one attached hydrogen (secondary N) is 1. The van der Waals surface area contributed by atoms with E-state index in [1.54, 1.807) is 0 Å². The minimum absolute atomic E-state index is 0.0624. The van der Waals surface area contributed by atoms with Crippen LogP contribution in [0.2, 0.25) is 0 Å². The minimum Gasteiger partial charge on any atom is -0.398 e. The van der Waals surface area contributed by atoms with Crippen molar-refractivity contribution in [3.63, 3.8) is 0 Å². The van der Waals surface area contributed by atoms with Gasteiger partial charge in [-0.3, -0.25) is 4.79 Å². The quantitative estimate of drug-likeness (QED) is 0.839. The van der Waals surface area contributed by atoms with Crippen LogP contribution in [0.5, 0.6) is 0 Å². The van der Waals surface area contributed by atoms with Crippen LogP contribution in [0.15, 0.2) is 36.4 Å². The van der Waals surface area contributed by atoms with E-state index < -0.39 is 0 Å². The largest absolute Gasteiger partial charge is 0.398 e. The highest BCUT2D eigenvalue weighted by Gasteiger charge is 2.25. The summed E-state index contributed by atoms with van der Waals surface area (Å²) in [6.45, 7) is 2.08. The maximum atomic E-state index is 12.4. The Hall–Kier alpha value is -2.03. The van der Waals surface area contributed by atoms with Gasteiger partial charge in [-0.05, 0) is 48.6 Å². The fourth-order valence-electron chi connectivity index (χ4n) is 2.80. The predicted octanol–water partition coefficient (Wildman–Crippen LogP) is 3.34. The Morgan fingerprint density at radius 2 is 1.90 bits per heavy atom. The van der Waals surface area contributed by atoms with Gasteiger partial charge in [-0.15, -0.1) is 0 Å². The van der Waals surface area contributed by atoms with Gasteiger partial charge in [0.15, 0.2) is 0 Å². The summed E-state index contributed by atoms with van der Waals surface area (Å²) in [5, 5.41) is 5.19. The molecule has 1 aliphatic carbocycles. The van der Waals surface area contributed by atoms with Crippen LogP contribution in [0.3, 0.4) is 0 Å². The van der Waals surface area contributed by atoms with Crippen molar-refractivity contribution >= 4 is 22.4 Å². The molecule has 3 nitrogen and oxygen atoms in total. The van der Waals surface area contributed by atoms with Crippen molar-refractivity contribution in [2.45, 2.75) is 32.2 Å². The number of hydrogen-bond acceptors (Lipinski definition) is 2. The Morgan fingerprint density at radius 1 is 1.25 bits per heavy atom. The lowest BCUT2D eigenvalue weighted by atomic mass is 9.80. The van der Waals surface area contributed by atoms with Crippen molar-refractivity contribution in [2.75, 3.05) is 5.73 Å². The Labute approximate surface area is 119 Å². The topological polar surface area (TPSA) is 55.1 Å². The first-order valence-corrected chi connectivity index (χ1v) is 7.24. The summed E-state index contributed by atoms with van der Waals surface area (Å²) in [5.74, 6) is 0.563. The highest BCUT2D eigenvalue weighted by molar-refractivity contribution is 6.04. The van der Waals surface area contributed by atoms with E-state index in [-0.39, 0.29) is 11.9 Å². The average molecular weight is 268 g/mol. The standard InChI is InChI=1S/C17H20N2O/c1-11(12-7-4-8-12)19-17(20)15-9-13-5-2-3-6-14(13)10-16(15)18/h2-3,5-6,9-12H,4,7-8,18H2,1H3,(H,19,20). The van der Waals surface area contributed by atoms with Gasteiger partial charge in [0.1, 0.15) is 0 Å². The zero-order valence-corrected chi connectivity index (χ0v) is 11.7. The molecule has 104 valence electrons. The number of rotatable bonds is 3. The third kappa shape index (κ3) is 2.36. The fraction of sp³-hybridized carbons (Fsp3) is 0.353. The molecule has 0 aromatic heterocycles. The molecule has 1 saturated carbocycles. The van der Waals surface area contributed by atoms with Crippen molar-refractivity contribution in [3.05, 3.63) is 42.0 Å². The molecule has 0 spiro atoms. The fourth-order valence-corrected chi connectivity index (χ4v) is 2.80. The van der Waals surface area contributed by atoms with Crippen molar-refractivity contribution in [1.29, 1.82) is 0 Å². The molecule has 0 radical (unpaired) electrons. The van der Waals surface area contributed by atoms with Crippen LogP contribution >= 0.6 is 0 Å². The first kappa shape index (κ1) is 13.0. The molecule has 20 heavy (non-hydrogen) atoms. The average Bonchev–Trinajstić information content (AvgIpc) is 2.35. The lowest BCUT2D eigenvalue weighted by Gasteiger charge is -2.32. The second-order valence-electron chi connectivity index (χ2n) is 5.74. The summed E-state index contributed by atoms with van der Waals surface area (Å²) in [6.07, 6.45) is 3.71. The summed E-state index contributed by atoms with van der Waals surface area (Å²) in [6, 6.07) is 11.9. The number of carbonyl (C=O) groups is 1. The molecule has 3 heteroatoms. The highest BCUT2D eigenvalue weighted by atomic mass is 16.1. The van der Waals surface area contributed by atoms with Crippen LogP contribution in [0.1, 0.15) is 36.5 Å². The second-order valence-corrected chi connectivity index (χ2v) is 5.74. The lowest BCUT2D eigenvalue weighted by Crippen LogP contribution is -2.40. The van der Waals surface area contributed by atoms with E-state index in [1.165, 1.54) is 19.3 Å². The van der Waals surface area contributed by atoms with E-state index in [2.05, 4.69) is 12.2 Å². The molecule has 2 aromatic rings. The van der Waals surface area contributed by atoms with Crippen molar-refractivity contribution < 1.29 is 4.79 Å². The molecule has 1 unspecified atom stereocenters. The van der Waals surface area contributed by atoms with Gasteiger partial charge < -0.3 is 11.1 Å². The summed E-state index contributed by atoms with van der Waals surface area (Å²) in [5.41, 5.74) is 7.15. The van der Waals surface area contributed by atoms with E-state index in [4.69, 9.17) is 5.73 Å². The molecular formula is C17H20N2O. The molecule has 2 aromatic carbocycles. The Kier molecular flexibility index (Phi) is 3.35. The molecule has 0 aliphatic heterocycles. The zero-order valence-electron chi connectivity index (χ0n) is 11.7. The van der Waals surface area contributed by atoms with E-state index in [9.17, 15) is 4.79 Å². The van der Waals surface area contributed by atoms with Crippen LogP contribution in [0, 0.1) is 5.92 Å². The van der Waals surface area contributed by atoms with Crippen molar-refractivity contribution in [2.24, 2.45) is 5.92 Å². The molecule has 3 rings (SSSR count). The van der Waals surface area contributed by atoms with Gasteiger partial charge in [-0.25, -0.2) is 0 Å². The summed E-state index contributed by atoms with van der Waals surface area (Å²) < 4.78 is 0. The third-order valence-corrected chi connectivity index (χ3v) is 4.38. The van der Waals surface area contributed by atoms with E-state index in [1.807, 2.05) is 36.4 Å². The maximum absolute atomic E-state index is 12.4. The molecule has 0 saturated heterocycles. The minimum atomic E-state index is -0.0624. The molecule has 3 N–H and O–H groups in total. The monoisotopic (exact) mass is 268 g/mol. The third-order valence-electron chi connectivity index (χ3n) is 4.38. The number of amides is 1. The molecule has 0 heterocycles. The van der Waals surface area contributed by atoms with Crippen LogP contribution in [0.25, 0.3) is 10.8 Å². The van der Waals surface area contributed by atoms with Crippen LogP contribution in [-0.2, 0) is 0 Å². The number of hydrogen-bond donors (Lipinski definition) is 2. The predicted molar refractivity (Wildman–Crippen MR) is 82.6 cm³/mol. The zero-order chi connectivity index (χ0) is 14.1. The highest BCUT2D eigenvalue weighted by Crippen LogP contribution is 2.30. The SMILES string of the molecule is CC(NC(=O)c1cc2ccccc2cc1N)C1CCC1. The normalized spacial score (nSPS) is 16.6. The summed E-state index contributed by atoms with van der Waals surface area (Å²) >= 11 is 0.